The highest BCUT2D eigenvalue weighted by Gasteiger charge is 2.52. The van der Waals surface area contributed by atoms with Crippen molar-refractivity contribution in [2.45, 2.75) is 75.8 Å². The summed E-state index contributed by atoms with van der Waals surface area (Å²) in [6.45, 7) is 10.7. The van der Waals surface area contributed by atoms with Gasteiger partial charge in [0.1, 0.15) is 6.23 Å². The standard InChI is InChI=1S/C31H41NO5SSi/c1-6-36-30-22-21-29(33)28(32(30)38(34,35)25-19-17-24(2)18-20-25)23-37-39(31(3,4)5,26-13-9-7-10-14-26)27-15-11-8-12-16-27/h7-20,28-30,33H,6,21-23H2,1-5H3/t28-,29+,30-/m0/s1. The van der Waals surface area contributed by atoms with E-state index < -0.39 is 36.7 Å². The third kappa shape index (κ3) is 5.92. The lowest BCUT2D eigenvalue weighted by atomic mass is 10.0. The second-order valence-corrected chi connectivity index (χ2v) is 17.4. The van der Waals surface area contributed by atoms with Crippen molar-refractivity contribution in [1.29, 1.82) is 0 Å². The fourth-order valence-electron chi connectivity index (χ4n) is 5.69. The molecule has 3 aromatic carbocycles. The molecule has 4 rings (SSSR count). The van der Waals surface area contributed by atoms with Crippen molar-refractivity contribution in [2.24, 2.45) is 0 Å². The van der Waals surface area contributed by atoms with E-state index >= 15 is 0 Å². The van der Waals surface area contributed by atoms with E-state index in [1.807, 2.05) is 50.2 Å². The molecule has 1 fully saturated rings. The van der Waals surface area contributed by atoms with Crippen molar-refractivity contribution in [3.63, 3.8) is 0 Å². The van der Waals surface area contributed by atoms with Gasteiger partial charge in [-0.3, -0.25) is 0 Å². The van der Waals surface area contributed by atoms with Crippen LogP contribution in [0.4, 0.5) is 0 Å². The Kier molecular flexibility index (Phi) is 9.15. The number of piperidine rings is 1. The summed E-state index contributed by atoms with van der Waals surface area (Å²) < 4.78 is 42.6. The first-order chi connectivity index (χ1) is 18.5. The Labute approximate surface area is 234 Å². The van der Waals surface area contributed by atoms with Crippen molar-refractivity contribution in [3.05, 3.63) is 90.5 Å². The Bertz CT molecular complexity index is 1270. The largest absolute Gasteiger partial charge is 0.406 e. The molecule has 0 radical (unpaired) electrons. The van der Waals surface area contributed by atoms with E-state index in [-0.39, 0.29) is 16.5 Å². The Morgan fingerprint density at radius 3 is 1.92 bits per heavy atom. The molecule has 1 N–H and O–H groups in total. The molecule has 0 unspecified atom stereocenters. The summed E-state index contributed by atoms with van der Waals surface area (Å²) in [6, 6.07) is 26.5. The van der Waals surface area contributed by atoms with Gasteiger partial charge in [-0.15, -0.1) is 0 Å². The molecule has 1 aliphatic rings. The number of hydrogen-bond donors (Lipinski definition) is 1. The predicted octanol–water partition coefficient (Wildman–Crippen LogP) is 4.45. The summed E-state index contributed by atoms with van der Waals surface area (Å²) in [5.74, 6) is 0. The Morgan fingerprint density at radius 1 is 0.897 bits per heavy atom. The average Bonchev–Trinajstić information content (AvgIpc) is 2.91. The number of sulfonamides is 1. The Morgan fingerprint density at radius 2 is 1.44 bits per heavy atom. The molecule has 210 valence electrons. The fraction of sp³-hybridized carbons (Fsp3) is 0.419. The number of ether oxygens (including phenoxy) is 1. The number of hydrogen-bond acceptors (Lipinski definition) is 5. The summed E-state index contributed by atoms with van der Waals surface area (Å²) in [5.41, 5.74) is 0.973. The number of aliphatic hydroxyl groups is 1. The van der Waals surface area contributed by atoms with Crippen LogP contribution < -0.4 is 10.4 Å². The molecule has 6 nitrogen and oxygen atoms in total. The second-order valence-electron chi connectivity index (χ2n) is 11.2. The molecule has 0 aliphatic carbocycles. The van der Waals surface area contributed by atoms with E-state index in [0.717, 1.165) is 15.9 Å². The minimum absolute atomic E-state index is 0.0448. The van der Waals surface area contributed by atoms with E-state index in [0.29, 0.717) is 19.4 Å². The molecule has 8 heteroatoms. The summed E-state index contributed by atoms with van der Waals surface area (Å²) in [4.78, 5) is 0.183. The highest BCUT2D eigenvalue weighted by molar-refractivity contribution is 7.89. The Balaban J connectivity index is 1.81. The lowest BCUT2D eigenvalue weighted by molar-refractivity contribution is -0.0997. The van der Waals surface area contributed by atoms with Gasteiger partial charge < -0.3 is 14.3 Å². The smallest absolute Gasteiger partial charge is 0.261 e. The van der Waals surface area contributed by atoms with Crippen LogP contribution >= 0.6 is 0 Å². The van der Waals surface area contributed by atoms with Crippen molar-refractivity contribution in [1.82, 2.24) is 4.31 Å². The molecule has 0 saturated carbocycles. The maximum absolute atomic E-state index is 14.1. The first-order valence-corrected chi connectivity index (χ1v) is 17.0. The first kappa shape index (κ1) is 29.6. The van der Waals surface area contributed by atoms with Crippen molar-refractivity contribution >= 4 is 28.7 Å². The molecule has 1 saturated heterocycles. The van der Waals surface area contributed by atoms with Gasteiger partial charge in [-0.1, -0.05) is 99.1 Å². The second kappa shape index (κ2) is 12.0. The van der Waals surface area contributed by atoms with Crippen LogP contribution in [-0.4, -0.2) is 57.7 Å². The van der Waals surface area contributed by atoms with Gasteiger partial charge in [0.15, 0.2) is 0 Å². The van der Waals surface area contributed by atoms with Gasteiger partial charge >= 0.3 is 0 Å². The van der Waals surface area contributed by atoms with E-state index in [4.69, 9.17) is 9.16 Å². The van der Waals surface area contributed by atoms with Gasteiger partial charge in [0, 0.05) is 6.61 Å². The van der Waals surface area contributed by atoms with E-state index in [1.165, 1.54) is 4.31 Å². The summed E-state index contributed by atoms with van der Waals surface area (Å²) >= 11 is 0. The molecule has 3 aromatic rings. The van der Waals surface area contributed by atoms with Gasteiger partial charge in [0.2, 0.25) is 10.0 Å². The molecule has 0 bridgehead atoms. The third-order valence-corrected chi connectivity index (χ3v) is 14.5. The topological polar surface area (TPSA) is 76.1 Å². The quantitative estimate of drug-likeness (QED) is 0.387. The molecule has 3 atom stereocenters. The highest BCUT2D eigenvalue weighted by Crippen LogP contribution is 2.38. The van der Waals surface area contributed by atoms with Crippen LogP contribution in [0.2, 0.25) is 5.04 Å². The van der Waals surface area contributed by atoms with E-state index in [2.05, 4.69) is 45.0 Å². The molecule has 0 amide bonds. The van der Waals surface area contributed by atoms with Crippen LogP contribution in [0.5, 0.6) is 0 Å². The number of rotatable bonds is 9. The number of nitrogens with zero attached hydrogens (tertiary/aromatic N) is 1. The van der Waals surface area contributed by atoms with Crippen LogP contribution in [0.1, 0.15) is 46.1 Å². The van der Waals surface area contributed by atoms with Crippen molar-refractivity contribution in [3.8, 4) is 0 Å². The van der Waals surface area contributed by atoms with E-state index in [9.17, 15) is 13.5 Å². The third-order valence-electron chi connectivity index (χ3n) is 7.61. The molecular formula is C31H41NO5SSi. The number of aryl methyl sites for hydroxylation is 1. The summed E-state index contributed by atoms with van der Waals surface area (Å²) in [6.07, 6.45) is -0.729. The summed E-state index contributed by atoms with van der Waals surface area (Å²) in [7, 11) is -6.93. The van der Waals surface area contributed by atoms with Crippen molar-refractivity contribution in [2.75, 3.05) is 13.2 Å². The van der Waals surface area contributed by atoms with Gasteiger partial charge in [-0.2, -0.15) is 4.31 Å². The molecule has 1 heterocycles. The van der Waals surface area contributed by atoms with Crippen LogP contribution in [0.25, 0.3) is 0 Å². The maximum Gasteiger partial charge on any atom is 0.261 e. The van der Waals surface area contributed by atoms with Gasteiger partial charge in [0.25, 0.3) is 8.32 Å². The van der Waals surface area contributed by atoms with Crippen LogP contribution in [0.15, 0.2) is 89.8 Å². The number of aliphatic hydroxyl groups excluding tert-OH is 1. The predicted molar refractivity (Wildman–Crippen MR) is 158 cm³/mol. The van der Waals surface area contributed by atoms with Crippen molar-refractivity contribution < 1.29 is 22.7 Å². The van der Waals surface area contributed by atoms with Gasteiger partial charge in [0.05, 0.1) is 23.6 Å². The lowest BCUT2D eigenvalue weighted by Gasteiger charge is -2.47. The minimum atomic E-state index is -3.98. The molecule has 1 aliphatic heterocycles. The molecule has 0 aromatic heterocycles. The maximum atomic E-state index is 14.1. The van der Waals surface area contributed by atoms with Crippen LogP contribution in [0.3, 0.4) is 0 Å². The first-order valence-electron chi connectivity index (χ1n) is 13.7. The van der Waals surface area contributed by atoms with E-state index in [1.54, 1.807) is 24.3 Å². The lowest BCUT2D eigenvalue weighted by Crippen LogP contribution is -2.68. The molecule has 0 spiro atoms. The zero-order valence-corrected chi connectivity index (χ0v) is 25.4. The molecular weight excluding hydrogens is 526 g/mol. The zero-order valence-electron chi connectivity index (χ0n) is 23.6. The zero-order chi connectivity index (χ0) is 28.3. The fourth-order valence-corrected chi connectivity index (χ4v) is 12.0. The Hall–Kier alpha value is -2.33. The SMILES string of the molecule is CCO[C@H]1CC[C@@H](O)[C@H](CO[Si](c2ccccc2)(c2ccccc2)C(C)(C)C)N1S(=O)(=O)c1ccc(C)cc1. The number of benzene rings is 3. The molecule has 39 heavy (non-hydrogen) atoms. The minimum Gasteiger partial charge on any atom is -0.406 e. The van der Waals surface area contributed by atoms with Gasteiger partial charge in [-0.05, 0) is 54.2 Å². The van der Waals surface area contributed by atoms with Crippen LogP contribution in [-0.2, 0) is 19.2 Å². The van der Waals surface area contributed by atoms with Gasteiger partial charge in [-0.25, -0.2) is 8.42 Å². The monoisotopic (exact) mass is 567 g/mol. The summed E-state index contributed by atoms with van der Waals surface area (Å²) in [5, 5.41) is 13.2. The normalized spacial score (nSPS) is 21.1. The van der Waals surface area contributed by atoms with Crippen LogP contribution in [0, 0.1) is 6.92 Å². The average molecular weight is 568 g/mol. The highest BCUT2D eigenvalue weighted by atomic mass is 32.2.